The van der Waals surface area contributed by atoms with Gasteiger partial charge in [-0.2, -0.15) is 0 Å². The summed E-state index contributed by atoms with van der Waals surface area (Å²) in [6.45, 7) is 5.15. The van der Waals surface area contributed by atoms with Gasteiger partial charge in [-0.25, -0.2) is 4.98 Å². The van der Waals surface area contributed by atoms with Gasteiger partial charge in [0.1, 0.15) is 10.8 Å². The molecule has 0 unspecified atom stereocenters. The van der Waals surface area contributed by atoms with Crippen molar-refractivity contribution >= 4 is 29.0 Å². The molecule has 5 rings (SSSR count). The van der Waals surface area contributed by atoms with Gasteiger partial charge in [0.2, 0.25) is 5.95 Å². The Morgan fingerprint density at radius 2 is 1.85 bits per heavy atom. The molecule has 3 heterocycles. The standard InChI is InChI=1S/C24H25N5O2S2/c1-17-5-3-4-6-21(17)29-23(28-11-13-31-14-12-28)26-27-24(29)33-16-19-15-32-22(25-19)18-7-9-20(30-2)10-8-18/h3-10,15H,11-14,16H2,1-2H3. The number of aryl methyl sites for hydroxylation is 1. The first-order valence-electron chi connectivity index (χ1n) is 10.8. The van der Waals surface area contributed by atoms with Crippen LogP contribution < -0.4 is 9.64 Å². The van der Waals surface area contributed by atoms with Gasteiger partial charge in [0.25, 0.3) is 0 Å². The number of rotatable bonds is 7. The van der Waals surface area contributed by atoms with E-state index < -0.39 is 0 Å². The first-order chi connectivity index (χ1) is 16.2. The molecule has 2 aromatic carbocycles. The summed E-state index contributed by atoms with van der Waals surface area (Å²) in [6, 6.07) is 16.4. The van der Waals surface area contributed by atoms with Gasteiger partial charge in [-0.1, -0.05) is 30.0 Å². The first-order valence-corrected chi connectivity index (χ1v) is 12.6. The van der Waals surface area contributed by atoms with Crippen molar-refractivity contribution in [3.05, 3.63) is 65.2 Å². The number of hydrogen-bond acceptors (Lipinski definition) is 8. The van der Waals surface area contributed by atoms with E-state index in [1.54, 1.807) is 30.2 Å². The predicted molar refractivity (Wildman–Crippen MR) is 133 cm³/mol. The summed E-state index contributed by atoms with van der Waals surface area (Å²) in [5, 5.41) is 13.1. The average molecular weight is 480 g/mol. The number of aromatic nitrogens is 4. The minimum atomic E-state index is 0.704. The number of thioether (sulfide) groups is 1. The lowest BCUT2D eigenvalue weighted by Gasteiger charge is -2.28. The van der Waals surface area contributed by atoms with E-state index in [0.29, 0.717) is 13.2 Å². The zero-order chi connectivity index (χ0) is 22.6. The highest BCUT2D eigenvalue weighted by Gasteiger charge is 2.22. The molecule has 2 aromatic heterocycles. The van der Waals surface area contributed by atoms with Crippen molar-refractivity contribution in [3.8, 4) is 22.0 Å². The van der Waals surface area contributed by atoms with Crippen LogP contribution >= 0.6 is 23.1 Å². The number of ether oxygens (including phenoxy) is 2. The Hall–Kier alpha value is -2.88. The number of morpholine rings is 1. The maximum Gasteiger partial charge on any atom is 0.232 e. The van der Waals surface area contributed by atoms with Crippen LogP contribution in [0.25, 0.3) is 16.3 Å². The number of methoxy groups -OCH3 is 1. The maximum atomic E-state index is 5.54. The van der Waals surface area contributed by atoms with Crippen LogP contribution in [0.2, 0.25) is 0 Å². The molecule has 1 aliphatic rings. The fraction of sp³-hybridized carbons (Fsp3) is 0.292. The molecule has 0 amide bonds. The summed E-state index contributed by atoms with van der Waals surface area (Å²) in [4.78, 5) is 7.09. The predicted octanol–water partition coefficient (Wildman–Crippen LogP) is 4.84. The van der Waals surface area contributed by atoms with Gasteiger partial charge >= 0.3 is 0 Å². The van der Waals surface area contributed by atoms with Crippen LogP contribution in [-0.4, -0.2) is 53.2 Å². The highest BCUT2D eigenvalue weighted by molar-refractivity contribution is 7.98. The molecule has 1 fully saturated rings. The summed E-state index contributed by atoms with van der Waals surface area (Å²) >= 11 is 3.31. The highest BCUT2D eigenvalue weighted by atomic mass is 32.2. The molecule has 0 saturated carbocycles. The molecular weight excluding hydrogens is 454 g/mol. The Balaban J connectivity index is 1.39. The highest BCUT2D eigenvalue weighted by Crippen LogP contribution is 2.32. The van der Waals surface area contributed by atoms with Gasteiger partial charge in [-0.15, -0.1) is 21.5 Å². The number of nitrogens with zero attached hydrogens (tertiary/aromatic N) is 5. The fourth-order valence-electron chi connectivity index (χ4n) is 3.73. The molecule has 0 atom stereocenters. The van der Waals surface area contributed by atoms with Crippen molar-refractivity contribution in [3.63, 3.8) is 0 Å². The van der Waals surface area contributed by atoms with Crippen molar-refractivity contribution < 1.29 is 9.47 Å². The number of benzene rings is 2. The van der Waals surface area contributed by atoms with E-state index >= 15 is 0 Å². The lowest BCUT2D eigenvalue weighted by molar-refractivity contribution is 0.122. The minimum Gasteiger partial charge on any atom is -0.497 e. The molecule has 1 aliphatic heterocycles. The third-order valence-corrected chi connectivity index (χ3v) is 7.41. The zero-order valence-corrected chi connectivity index (χ0v) is 20.2. The lowest BCUT2D eigenvalue weighted by Crippen LogP contribution is -2.38. The van der Waals surface area contributed by atoms with Crippen LogP contribution in [0.5, 0.6) is 5.75 Å². The molecule has 9 heteroatoms. The molecule has 0 N–H and O–H groups in total. The maximum absolute atomic E-state index is 5.54. The molecule has 0 bridgehead atoms. The van der Waals surface area contributed by atoms with Crippen LogP contribution in [0, 0.1) is 6.92 Å². The van der Waals surface area contributed by atoms with E-state index in [4.69, 9.17) is 14.5 Å². The number of hydrogen-bond donors (Lipinski definition) is 0. The van der Waals surface area contributed by atoms with Crippen molar-refractivity contribution in [1.82, 2.24) is 19.7 Å². The Morgan fingerprint density at radius 1 is 1.06 bits per heavy atom. The number of thiazole rings is 1. The lowest BCUT2D eigenvalue weighted by atomic mass is 10.2. The molecule has 170 valence electrons. The Bertz CT molecular complexity index is 1220. The van der Waals surface area contributed by atoms with Crippen molar-refractivity contribution in [1.29, 1.82) is 0 Å². The zero-order valence-electron chi connectivity index (χ0n) is 18.6. The molecule has 0 aliphatic carbocycles. The van der Waals surface area contributed by atoms with Gasteiger partial charge in [0.15, 0.2) is 5.16 Å². The number of para-hydroxylation sites is 1. The van der Waals surface area contributed by atoms with Crippen LogP contribution in [0.3, 0.4) is 0 Å². The van der Waals surface area contributed by atoms with Crippen molar-refractivity contribution in [2.45, 2.75) is 17.8 Å². The summed E-state index contributed by atoms with van der Waals surface area (Å²) in [7, 11) is 1.67. The van der Waals surface area contributed by atoms with Gasteiger partial charge in [0, 0.05) is 29.8 Å². The van der Waals surface area contributed by atoms with Crippen LogP contribution in [-0.2, 0) is 10.5 Å². The summed E-state index contributed by atoms with van der Waals surface area (Å²) in [5.74, 6) is 2.43. The third kappa shape index (κ3) is 4.75. The van der Waals surface area contributed by atoms with Crippen LogP contribution in [0.15, 0.2) is 59.1 Å². The van der Waals surface area contributed by atoms with Gasteiger partial charge in [-0.05, 0) is 42.8 Å². The molecular formula is C24H25N5O2S2. The first kappa shape index (κ1) is 21.9. The topological polar surface area (TPSA) is 65.3 Å². The second kappa shape index (κ2) is 9.94. The van der Waals surface area contributed by atoms with E-state index in [0.717, 1.165) is 57.6 Å². The van der Waals surface area contributed by atoms with Gasteiger partial charge in [0.05, 0.1) is 31.7 Å². The van der Waals surface area contributed by atoms with Gasteiger partial charge < -0.3 is 14.4 Å². The summed E-state index contributed by atoms with van der Waals surface area (Å²) < 4.78 is 13.0. The average Bonchev–Trinajstić information content (AvgIpc) is 3.51. The van der Waals surface area contributed by atoms with E-state index in [2.05, 4.69) is 56.2 Å². The fourth-order valence-corrected chi connectivity index (χ4v) is 5.49. The Kier molecular flexibility index (Phi) is 6.61. The summed E-state index contributed by atoms with van der Waals surface area (Å²) in [6.07, 6.45) is 0. The van der Waals surface area contributed by atoms with Crippen LogP contribution in [0.1, 0.15) is 11.3 Å². The largest absolute Gasteiger partial charge is 0.497 e. The number of anilines is 1. The molecule has 4 aromatic rings. The third-order valence-electron chi connectivity index (χ3n) is 5.50. The van der Waals surface area contributed by atoms with Crippen molar-refractivity contribution in [2.75, 3.05) is 38.3 Å². The van der Waals surface area contributed by atoms with E-state index in [-0.39, 0.29) is 0 Å². The SMILES string of the molecule is COc1ccc(-c2nc(CSc3nnc(N4CCOCC4)n3-c3ccccc3C)cs2)cc1. The Labute approximate surface area is 201 Å². The molecule has 0 radical (unpaired) electrons. The Morgan fingerprint density at radius 3 is 2.61 bits per heavy atom. The van der Waals surface area contributed by atoms with Crippen molar-refractivity contribution in [2.24, 2.45) is 0 Å². The molecule has 1 saturated heterocycles. The molecule has 33 heavy (non-hydrogen) atoms. The minimum absolute atomic E-state index is 0.704. The normalized spacial score (nSPS) is 13.9. The van der Waals surface area contributed by atoms with E-state index in [1.807, 2.05) is 24.3 Å². The quantitative estimate of drug-likeness (QED) is 0.352. The van der Waals surface area contributed by atoms with E-state index in [9.17, 15) is 0 Å². The van der Waals surface area contributed by atoms with E-state index in [1.165, 1.54) is 5.56 Å². The van der Waals surface area contributed by atoms with Crippen LogP contribution in [0.4, 0.5) is 5.95 Å². The summed E-state index contributed by atoms with van der Waals surface area (Å²) in [5.41, 5.74) is 4.41. The molecule has 0 spiro atoms. The molecule has 7 nitrogen and oxygen atoms in total. The smallest absolute Gasteiger partial charge is 0.232 e. The van der Waals surface area contributed by atoms with Gasteiger partial charge in [-0.3, -0.25) is 4.57 Å². The monoisotopic (exact) mass is 479 g/mol. The second-order valence-corrected chi connectivity index (χ2v) is 9.47. The second-order valence-electron chi connectivity index (χ2n) is 7.67.